The Morgan fingerprint density at radius 1 is 1.14 bits per heavy atom. The minimum atomic E-state index is -0.460. The molecule has 2 unspecified atom stereocenters. The molecule has 0 spiro atoms. The number of rotatable bonds is 8. The molecule has 0 aliphatic rings. The number of nitrogens with two attached hydrogens (primary N) is 1. The largest absolute Gasteiger partial charge is 0.369 e. The van der Waals surface area contributed by atoms with Gasteiger partial charge in [-0.3, -0.25) is 9.79 Å². The summed E-state index contributed by atoms with van der Waals surface area (Å²) in [7, 11) is 0. The Kier molecular flexibility index (Phi) is 10.5. The molecule has 0 aromatic heterocycles. The highest BCUT2D eigenvalue weighted by Gasteiger charge is 2.17. The number of aliphatic imine (C=N–C) groups is 1. The van der Waals surface area contributed by atoms with Crippen molar-refractivity contribution in [2.75, 3.05) is 13.1 Å². The zero-order valence-electron chi connectivity index (χ0n) is 16.2. The predicted octanol–water partition coefficient (Wildman–Crippen LogP) is 3.40. The highest BCUT2D eigenvalue weighted by molar-refractivity contribution is 14.0. The summed E-state index contributed by atoms with van der Waals surface area (Å²) in [5.74, 6) is -0.562. The predicted molar refractivity (Wildman–Crippen MR) is 122 cm³/mol. The minimum Gasteiger partial charge on any atom is -0.369 e. The second-order valence-electron chi connectivity index (χ2n) is 6.43. The van der Waals surface area contributed by atoms with Crippen molar-refractivity contribution < 1.29 is 9.18 Å². The lowest BCUT2D eigenvalue weighted by atomic mass is 9.99. The fourth-order valence-electron chi connectivity index (χ4n) is 2.71. The zero-order valence-corrected chi connectivity index (χ0v) is 18.5. The van der Waals surface area contributed by atoms with Crippen molar-refractivity contribution in [3.8, 4) is 0 Å². The number of halogens is 2. The molecule has 28 heavy (non-hydrogen) atoms. The van der Waals surface area contributed by atoms with Crippen molar-refractivity contribution in [2.24, 2.45) is 16.6 Å². The van der Waals surface area contributed by atoms with Gasteiger partial charge in [0.15, 0.2) is 5.96 Å². The first-order valence-corrected chi connectivity index (χ1v) is 9.13. The van der Waals surface area contributed by atoms with E-state index in [0.717, 1.165) is 11.1 Å². The summed E-state index contributed by atoms with van der Waals surface area (Å²) in [4.78, 5) is 16.4. The van der Waals surface area contributed by atoms with E-state index < -0.39 is 11.8 Å². The lowest BCUT2D eigenvalue weighted by Gasteiger charge is -2.19. The third-order valence-electron chi connectivity index (χ3n) is 4.26. The van der Waals surface area contributed by atoms with E-state index in [9.17, 15) is 9.18 Å². The summed E-state index contributed by atoms with van der Waals surface area (Å²) in [6.07, 6.45) is 0.423. The number of nitrogens with one attached hydrogen (secondary N) is 2. The van der Waals surface area contributed by atoms with Crippen LogP contribution in [0.1, 0.15) is 31.0 Å². The summed E-state index contributed by atoms with van der Waals surface area (Å²) in [5, 5.41) is 6.52. The minimum absolute atomic E-state index is 0. The highest BCUT2D eigenvalue weighted by Crippen LogP contribution is 2.12. The van der Waals surface area contributed by atoms with Crippen LogP contribution in [0.25, 0.3) is 0 Å². The molecular formula is C21H28FIN4O. The summed E-state index contributed by atoms with van der Waals surface area (Å²) in [5.41, 5.74) is 7.54. The van der Waals surface area contributed by atoms with Gasteiger partial charge in [0.25, 0.3) is 0 Å². The summed E-state index contributed by atoms with van der Waals surface area (Å²) in [6.45, 7) is 4.98. The molecule has 0 fully saturated rings. The smallest absolute Gasteiger partial charge is 0.222 e. The van der Waals surface area contributed by atoms with Gasteiger partial charge >= 0.3 is 0 Å². The maximum atomic E-state index is 13.1. The van der Waals surface area contributed by atoms with E-state index in [4.69, 9.17) is 5.73 Å². The molecule has 2 rings (SSSR count). The van der Waals surface area contributed by atoms with Crippen LogP contribution in [0.5, 0.6) is 0 Å². The van der Waals surface area contributed by atoms with Gasteiger partial charge in [-0.1, -0.05) is 42.5 Å². The maximum absolute atomic E-state index is 13.1. The summed E-state index contributed by atoms with van der Waals surface area (Å²) < 4.78 is 13.1. The van der Waals surface area contributed by atoms with Crippen LogP contribution in [0.3, 0.4) is 0 Å². The van der Waals surface area contributed by atoms with Gasteiger partial charge in [0, 0.05) is 6.54 Å². The second-order valence-corrected chi connectivity index (χ2v) is 6.43. The monoisotopic (exact) mass is 498 g/mol. The molecule has 0 saturated carbocycles. The molecule has 4 N–H and O–H groups in total. The Hall–Kier alpha value is -2.16. The van der Waals surface area contributed by atoms with Crippen LogP contribution in [0.2, 0.25) is 0 Å². The number of benzene rings is 2. The van der Waals surface area contributed by atoms with E-state index in [-0.39, 0.29) is 42.4 Å². The molecule has 7 heteroatoms. The van der Waals surface area contributed by atoms with Gasteiger partial charge in [-0.15, -0.1) is 24.0 Å². The van der Waals surface area contributed by atoms with Gasteiger partial charge in [0.1, 0.15) is 5.82 Å². The van der Waals surface area contributed by atoms with Gasteiger partial charge in [0.2, 0.25) is 5.91 Å². The average molecular weight is 498 g/mol. The van der Waals surface area contributed by atoms with E-state index in [2.05, 4.69) is 15.6 Å². The fourth-order valence-corrected chi connectivity index (χ4v) is 2.71. The molecule has 0 bridgehead atoms. The molecule has 0 aliphatic heterocycles. The Labute approximate surface area is 183 Å². The Morgan fingerprint density at radius 2 is 1.79 bits per heavy atom. The Balaban J connectivity index is 0.00000392. The summed E-state index contributed by atoms with van der Waals surface area (Å²) >= 11 is 0. The van der Waals surface area contributed by atoms with Crippen molar-refractivity contribution in [2.45, 2.75) is 26.3 Å². The highest BCUT2D eigenvalue weighted by atomic mass is 127. The molecule has 152 valence electrons. The third-order valence-corrected chi connectivity index (χ3v) is 4.26. The molecular weight excluding hydrogens is 470 g/mol. The zero-order chi connectivity index (χ0) is 19.6. The molecule has 1 amide bonds. The van der Waals surface area contributed by atoms with Crippen LogP contribution < -0.4 is 16.4 Å². The normalized spacial score (nSPS) is 13.2. The lowest BCUT2D eigenvalue weighted by molar-refractivity contribution is -0.121. The van der Waals surface area contributed by atoms with Crippen molar-refractivity contribution >= 4 is 35.8 Å². The summed E-state index contributed by atoms with van der Waals surface area (Å²) in [6, 6.07) is 16.2. The van der Waals surface area contributed by atoms with Crippen molar-refractivity contribution in [1.29, 1.82) is 0 Å². The van der Waals surface area contributed by atoms with Gasteiger partial charge in [-0.25, -0.2) is 4.39 Å². The number of carbonyl (C=O) groups is 1. The van der Waals surface area contributed by atoms with Crippen LogP contribution in [0.15, 0.2) is 59.6 Å². The SMILES string of the molecule is CCNC(=NCC(Cc1ccc(F)cc1)C(N)=O)NC(C)c1ccccc1.I. The van der Waals surface area contributed by atoms with E-state index in [1.165, 1.54) is 12.1 Å². The fraction of sp³-hybridized carbons (Fsp3) is 0.333. The van der Waals surface area contributed by atoms with Crippen LogP contribution in [0, 0.1) is 11.7 Å². The van der Waals surface area contributed by atoms with Gasteiger partial charge < -0.3 is 16.4 Å². The Morgan fingerprint density at radius 3 is 2.36 bits per heavy atom. The molecule has 0 saturated heterocycles. The topological polar surface area (TPSA) is 79.5 Å². The number of hydrogen-bond acceptors (Lipinski definition) is 2. The number of carbonyl (C=O) groups excluding carboxylic acids is 1. The first-order valence-electron chi connectivity index (χ1n) is 9.13. The van der Waals surface area contributed by atoms with E-state index in [0.29, 0.717) is 18.9 Å². The molecule has 0 aliphatic carbocycles. The molecule has 5 nitrogen and oxygen atoms in total. The van der Waals surface area contributed by atoms with Gasteiger partial charge in [-0.2, -0.15) is 0 Å². The first kappa shape index (κ1) is 23.9. The molecule has 2 atom stereocenters. The number of nitrogens with zero attached hydrogens (tertiary/aromatic N) is 1. The van der Waals surface area contributed by atoms with E-state index in [1.807, 2.05) is 44.2 Å². The van der Waals surface area contributed by atoms with Crippen LogP contribution in [-0.4, -0.2) is 25.0 Å². The molecule has 0 heterocycles. The van der Waals surface area contributed by atoms with Crippen LogP contribution in [0.4, 0.5) is 4.39 Å². The van der Waals surface area contributed by atoms with Crippen molar-refractivity contribution in [3.05, 3.63) is 71.5 Å². The van der Waals surface area contributed by atoms with E-state index >= 15 is 0 Å². The van der Waals surface area contributed by atoms with Crippen LogP contribution in [-0.2, 0) is 11.2 Å². The lowest BCUT2D eigenvalue weighted by Crippen LogP contribution is -2.39. The molecule has 2 aromatic rings. The molecule has 2 aromatic carbocycles. The Bertz CT molecular complexity index is 753. The first-order chi connectivity index (χ1) is 13.0. The quantitative estimate of drug-likeness (QED) is 0.297. The number of guanidine groups is 1. The third kappa shape index (κ3) is 7.84. The van der Waals surface area contributed by atoms with Crippen molar-refractivity contribution in [1.82, 2.24) is 10.6 Å². The standard InChI is InChI=1S/C21H27FN4O.HI/c1-3-24-21(26-15(2)17-7-5-4-6-8-17)25-14-18(20(23)27)13-16-9-11-19(22)12-10-16;/h4-12,15,18H,3,13-14H2,1-2H3,(H2,23,27)(H2,24,25,26);1H. The van der Waals surface area contributed by atoms with Gasteiger partial charge in [-0.05, 0) is 43.5 Å². The molecule has 0 radical (unpaired) electrons. The van der Waals surface area contributed by atoms with E-state index in [1.54, 1.807) is 12.1 Å². The maximum Gasteiger partial charge on any atom is 0.222 e. The van der Waals surface area contributed by atoms with Gasteiger partial charge in [0.05, 0.1) is 18.5 Å². The number of primary amides is 1. The van der Waals surface area contributed by atoms with Crippen LogP contribution >= 0.6 is 24.0 Å². The van der Waals surface area contributed by atoms with Crippen molar-refractivity contribution in [3.63, 3.8) is 0 Å². The second kappa shape index (κ2) is 12.3. The number of amides is 1. The number of hydrogen-bond donors (Lipinski definition) is 3. The average Bonchev–Trinajstić information content (AvgIpc) is 2.67.